The van der Waals surface area contributed by atoms with Crippen LogP contribution in [0.2, 0.25) is 0 Å². The van der Waals surface area contributed by atoms with Gasteiger partial charge in [-0.2, -0.15) is 0 Å². The van der Waals surface area contributed by atoms with Crippen LogP contribution in [0.1, 0.15) is 16.2 Å². The van der Waals surface area contributed by atoms with Crippen LogP contribution in [0.4, 0.5) is 0 Å². The van der Waals surface area contributed by atoms with Crippen LogP contribution in [0.5, 0.6) is 0 Å². The lowest BCUT2D eigenvalue weighted by molar-refractivity contribution is 0.0769. The zero-order valence-corrected chi connectivity index (χ0v) is 7.11. The number of carbonyl (C=O) groups is 1. The van der Waals surface area contributed by atoms with Gasteiger partial charge in [-0.05, 0) is 0 Å². The first-order chi connectivity index (χ1) is 5.70. The van der Waals surface area contributed by atoms with Gasteiger partial charge in [0.1, 0.15) is 5.69 Å². The van der Waals surface area contributed by atoms with E-state index in [-0.39, 0.29) is 5.91 Å². The topological polar surface area (TPSA) is 51.0 Å². The Morgan fingerprint density at radius 2 is 2.17 bits per heavy atom. The predicted molar refractivity (Wildman–Crippen MR) is 41.7 cm³/mol. The van der Waals surface area contributed by atoms with E-state index in [0.717, 1.165) is 18.7 Å². The number of rotatable bonds is 0. The molecule has 64 valence electrons. The highest BCUT2D eigenvalue weighted by Gasteiger charge is 2.26. The number of nitrogens with zero attached hydrogens (tertiary/aromatic N) is 4. The van der Waals surface area contributed by atoms with Gasteiger partial charge >= 0.3 is 0 Å². The summed E-state index contributed by atoms with van der Waals surface area (Å²) in [5.74, 6) is 0.0174. The van der Waals surface area contributed by atoms with Crippen molar-refractivity contribution in [3.05, 3.63) is 11.4 Å². The number of likely N-dealkylation sites (N-methyl/N-ethyl adjacent to an activating group) is 1. The van der Waals surface area contributed by atoms with Crippen molar-refractivity contribution < 1.29 is 4.79 Å². The first-order valence-corrected chi connectivity index (χ1v) is 3.84. The highest BCUT2D eigenvalue weighted by atomic mass is 16.2. The average molecular weight is 166 g/mol. The maximum atomic E-state index is 11.5. The Hall–Kier alpha value is -1.39. The fraction of sp³-hybridized carbons (Fsp3) is 0.571. The molecule has 0 aromatic carbocycles. The Morgan fingerprint density at radius 3 is 2.92 bits per heavy atom. The van der Waals surface area contributed by atoms with Crippen LogP contribution in [0.3, 0.4) is 0 Å². The van der Waals surface area contributed by atoms with Crippen LogP contribution in [0.15, 0.2) is 0 Å². The molecule has 1 amide bonds. The second-order valence-corrected chi connectivity index (χ2v) is 2.99. The molecule has 0 N–H and O–H groups in total. The maximum absolute atomic E-state index is 11.5. The molecule has 0 spiro atoms. The molecule has 0 saturated heterocycles. The Bertz CT molecular complexity index is 330. The summed E-state index contributed by atoms with van der Waals surface area (Å²) in [6.45, 7) is 0.741. The van der Waals surface area contributed by atoms with Gasteiger partial charge in [-0.15, -0.1) is 5.10 Å². The molecular weight excluding hydrogens is 156 g/mol. The van der Waals surface area contributed by atoms with Gasteiger partial charge in [0.25, 0.3) is 5.91 Å². The summed E-state index contributed by atoms with van der Waals surface area (Å²) in [5, 5.41) is 7.71. The zero-order valence-electron chi connectivity index (χ0n) is 7.11. The zero-order chi connectivity index (χ0) is 8.72. The van der Waals surface area contributed by atoms with E-state index in [4.69, 9.17) is 0 Å². The molecule has 0 unspecified atom stereocenters. The summed E-state index contributed by atoms with van der Waals surface area (Å²) in [7, 11) is 3.53. The number of amides is 1. The molecule has 2 heterocycles. The van der Waals surface area contributed by atoms with Gasteiger partial charge in [-0.25, -0.2) is 4.68 Å². The third kappa shape index (κ3) is 0.823. The standard InChI is InChI=1S/C7H10N4O/c1-10-4-3-5-6(7(10)12)11(2)9-8-5/h3-4H2,1-2H3. The molecule has 0 radical (unpaired) electrons. The van der Waals surface area contributed by atoms with E-state index < -0.39 is 0 Å². The molecule has 1 aromatic heterocycles. The molecule has 12 heavy (non-hydrogen) atoms. The normalized spacial score (nSPS) is 16.5. The van der Waals surface area contributed by atoms with Crippen LogP contribution >= 0.6 is 0 Å². The van der Waals surface area contributed by atoms with Gasteiger partial charge in [0, 0.05) is 27.1 Å². The van der Waals surface area contributed by atoms with Gasteiger partial charge < -0.3 is 4.90 Å². The van der Waals surface area contributed by atoms with Crippen molar-refractivity contribution in [2.75, 3.05) is 13.6 Å². The first kappa shape index (κ1) is 7.27. The number of aromatic nitrogens is 3. The van der Waals surface area contributed by atoms with E-state index in [2.05, 4.69) is 10.3 Å². The van der Waals surface area contributed by atoms with Crippen molar-refractivity contribution in [3.63, 3.8) is 0 Å². The van der Waals surface area contributed by atoms with Crippen LogP contribution in [-0.4, -0.2) is 39.4 Å². The average Bonchev–Trinajstić information content (AvgIpc) is 2.41. The lowest BCUT2D eigenvalue weighted by Crippen LogP contribution is -2.35. The Morgan fingerprint density at radius 1 is 1.42 bits per heavy atom. The molecule has 1 aliphatic rings. The highest BCUT2D eigenvalue weighted by molar-refractivity contribution is 5.94. The minimum absolute atomic E-state index is 0.0174. The Kier molecular flexibility index (Phi) is 1.39. The summed E-state index contributed by atoms with van der Waals surface area (Å²) in [6.07, 6.45) is 0.811. The van der Waals surface area contributed by atoms with Crippen molar-refractivity contribution in [3.8, 4) is 0 Å². The summed E-state index contributed by atoms with van der Waals surface area (Å²) in [4.78, 5) is 13.2. The van der Waals surface area contributed by atoms with Crippen LogP contribution < -0.4 is 0 Å². The second kappa shape index (κ2) is 2.30. The first-order valence-electron chi connectivity index (χ1n) is 3.84. The van der Waals surface area contributed by atoms with Crippen LogP contribution in [0.25, 0.3) is 0 Å². The lowest BCUT2D eigenvalue weighted by atomic mass is 10.1. The van der Waals surface area contributed by atoms with Crippen molar-refractivity contribution in [2.45, 2.75) is 6.42 Å². The molecule has 5 heteroatoms. The van der Waals surface area contributed by atoms with Crippen LogP contribution in [0, 0.1) is 0 Å². The molecule has 2 rings (SSSR count). The summed E-state index contributed by atoms with van der Waals surface area (Å²) < 4.78 is 1.54. The van der Waals surface area contributed by atoms with Crippen molar-refractivity contribution in [2.24, 2.45) is 7.05 Å². The number of hydrogen-bond donors (Lipinski definition) is 0. The summed E-state index contributed by atoms with van der Waals surface area (Å²) >= 11 is 0. The largest absolute Gasteiger partial charge is 0.340 e. The molecule has 0 atom stereocenters. The third-order valence-electron chi connectivity index (χ3n) is 2.13. The number of aryl methyl sites for hydroxylation is 1. The van der Waals surface area contributed by atoms with E-state index in [1.807, 2.05) is 0 Å². The maximum Gasteiger partial charge on any atom is 0.273 e. The van der Waals surface area contributed by atoms with Gasteiger partial charge in [0.15, 0.2) is 0 Å². The Labute approximate surface area is 70.0 Å². The van der Waals surface area contributed by atoms with Crippen molar-refractivity contribution in [1.82, 2.24) is 19.9 Å². The quantitative estimate of drug-likeness (QED) is 0.519. The van der Waals surface area contributed by atoms with E-state index in [0.29, 0.717) is 5.69 Å². The molecular formula is C7H10N4O. The second-order valence-electron chi connectivity index (χ2n) is 2.99. The lowest BCUT2D eigenvalue weighted by Gasteiger charge is -2.21. The monoisotopic (exact) mass is 166 g/mol. The fourth-order valence-electron chi connectivity index (χ4n) is 1.39. The van der Waals surface area contributed by atoms with Crippen LogP contribution in [-0.2, 0) is 13.5 Å². The van der Waals surface area contributed by atoms with E-state index in [1.165, 1.54) is 4.68 Å². The van der Waals surface area contributed by atoms with Gasteiger partial charge in [-0.3, -0.25) is 4.79 Å². The molecule has 1 aromatic rings. The summed E-state index contributed by atoms with van der Waals surface area (Å²) in [5.41, 5.74) is 1.45. The molecule has 5 nitrogen and oxygen atoms in total. The minimum atomic E-state index is 0.0174. The van der Waals surface area contributed by atoms with Crippen molar-refractivity contribution >= 4 is 5.91 Å². The van der Waals surface area contributed by atoms with Gasteiger partial charge in [0.2, 0.25) is 0 Å². The predicted octanol–water partition coefficient (Wildman–Crippen LogP) is -0.557. The number of hydrogen-bond acceptors (Lipinski definition) is 3. The van der Waals surface area contributed by atoms with Gasteiger partial charge in [-0.1, -0.05) is 5.21 Å². The molecule has 1 aliphatic heterocycles. The van der Waals surface area contributed by atoms with E-state index >= 15 is 0 Å². The number of fused-ring (bicyclic) bond motifs is 1. The highest BCUT2D eigenvalue weighted by Crippen LogP contribution is 2.13. The fourth-order valence-corrected chi connectivity index (χ4v) is 1.39. The van der Waals surface area contributed by atoms with Gasteiger partial charge in [0.05, 0.1) is 5.69 Å². The molecule has 0 saturated carbocycles. The minimum Gasteiger partial charge on any atom is -0.340 e. The molecule has 0 bridgehead atoms. The van der Waals surface area contributed by atoms with E-state index in [1.54, 1.807) is 19.0 Å². The number of carbonyl (C=O) groups excluding carboxylic acids is 1. The molecule has 0 fully saturated rings. The summed E-state index contributed by atoms with van der Waals surface area (Å²) in [6, 6.07) is 0. The van der Waals surface area contributed by atoms with E-state index in [9.17, 15) is 4.79 Å². The smallest absolute Gasteiger partial charge is 0.273 e. The SMILES string of the molecule is CN1CCc2nnn(C)c2C1=O. The third-order valence-corrected chi connectivity index (χ3v) is 2.13. The Balaban J connectivity index is 2.53. The molecule has 0 aliphatic carbocycles. The van der Waals surface area contributed by atoms with Crippen molar-refractivity contribution in [1.29, 1.82) is 0 Å².